The average Bonchev–Trinajstić information content (AvgIpc) is 2.10. The number of methoxy groups -OCH3 is 1. The van der Waals surface area contributed by atoms with Crippen molar-refractivity contribution in [1.29, 1.82) is 0 Å². The van der Waals surface area contributed by atoms with E-state index in [1.165, 1.54) is 0 Å². The van der Waals surface area contributed by atoms with Crippen LogP contribution in [0, 0.1) is 5.41 Å². The summed E-state index contributed by atoms with van der Waals surface area (Å²) >= 11 is 3.91. The Morgan fingerprint density at radius 2 is 2.31 bits per heavy atom. The molecular weight excluding hydrogens is 186 g/mol. The summed E-state index contributed by atoms with van der Waals surface area (Å²) in [5, 5.41) is 2.93. The molecule has 0 saturated heterocycles. The number of thiol groups is 1. The lowest BCUT2D eigenvalue weighted by Crippen LogP contribution is -2.62. The first-order valence-electron chi connectivity index (χ1n) is 4.45. The van der Waals surface area contributed by atoms with Gasteiger partial charge in [0.25, 0.3) is 0 Å². The highest BCUT2D eigenvalue weighted by atomic mass is 32.1. The van der Waals surface area contributed by atoms with E-state index in [9.17, 15) is 4.79 Å². The monoisotopic (exact) mass is 203 g/mol. The van der Waals surface area contributed by atoms with E-state index in [1.54, 1.807) is 7.11 Å². The summed E-state index contributed by atoms with van der Waals surface area (Å²) in [5.74, 6) is 0.250. The molecule has 1 saturated carbocycles. The first kappa shape index (κ1) is 10.9. The van der Waals surface area contributed by atoms with Gasteiger partial charge in [0.2, 0.25) is 5.91 Å². The highest BCUT2D eigenvalue weighted by Gasteiger charge is 2.48. The van der Waals surface area contributed by atoms with Crippen LogP contribution in [0.2, 0.25) is 0 Å². The van der Waals surface area contributed by atoms with Crippen molar-refractivity contribution < 1.29 is 9.53 Å². The molecule has 1 aliphatic carbocycles. The van der Waals surface area contributed by atoms with Crippen molar-refractivity contribution in [2.75, 3.05) is 12.9 Å². The molecule has 1 N–H and O–H groups in total. The molecule has 4 heteroatoms. The first-order chi connectivity index (χ1) is 6.02. The molecule has 2 atom stereocenters. The molecule has 0 heterocycles. The fourth-order valence-corrected chi connectivity index (χ4v) is 1.86. The van der Waals surface area contributed by atoms with E-state index in [0.29, 0.717) is 0 Å². The zero-order chi connectivity index (χ0) is 10.1. The molecule has 2 unspecified atom stereocenters. The first-order valence-corrected chi connectivity index (χ1v) is 5.08. The maximum Gasteiger partial charge on any atom is 0.229 e. The van der Waals surface area contributed by atoms with Gasteiger partial charge in [0, 0.05) is 18.6 Å². The molecule has 3 nitrogen and oxygen atoms in total. The van der Waals surface area contributed by atoms with Crippen molar-refractivity contribution >= 4 is 18.5 Å². The van der Waals surface area contributed by atoms with E-state index in [4.69, 9.17) is 4.74 Å². The van der Waals surface area contributed by atoms with Gasteiger partial charge >= 0.3 is 0 Å². The van der Waals surface area contributed by atoms with Gasteiger partial charge < -0.3 is 10.1 Å². The lowest BCUT2D eigenvalue weighted by atomic mass is 9.64. The van der Waals surface area contributed by atoms with E-state index < -0.39 is 0 Å². The third-order valence-corrected chi connectivity index (χ3v) is 3.23. The molecule has 0 aromatic rings. The minimum Gasteiger partial charge on any atom is -0.381 e. The quantitative estimate of drug-likeness (QED) is 0.667. The number of ether oxygens (including phenoxy) is 1. The Hall–Kier alpha value is -0.220. The van der Waals surface area contributed by atoms with Crippen molar-refractivity contribution in [3.63, 3.8) is 0 Å². The molecule has 1 amide bonds. The van der Waals surface area contributed by atoms with Crippen LogP contribution in [-0.4, -0.2) is 30.9 Å². The third-order valence-electron chi connectivity index (χ3n) is 2.94. The molecule has 0 aliphatic heterocycles. The Morgan fingerprint density at radius 3 is 2.69 bits per heavy atom. The summed E-state index contributed by atoms with van der Waals surface area (Å²) in [5.41, 5.74) is 0.0490. The summed E-state index contributed by atoms with van der Waals surface area (Å²) in [7, 11) is 1.71. The molecular formula is C9H17NO2S. The van der Waals surface area contributed by atoms with Crippen LogP contribution in [0.4, 0.5) is 0 Å². The number of carbonyl (C=O) groups excluding carboxylic acids is 1. The van der Waals surface area contributed by atoms with Gasteiger partial charge in [-0.2, -0.15) is 12.6 Å². The normalized spacial score (nSPS) is 30.8. The zero-order valence-corrected chi connectivity index (χ0v) is 9.23. The maximum atomic E-state index is 11.1. The molecule has 0 bridgehead atoms. The van der Waals surface area contributed by atoms with Crippen LogP contribution in [0.1, 0.15) is 20.3 Å². The van der Waals surface area contributed by atoms with Crippen molar-refractivity contribution in [3.05, 3.63) is 0 Å². The van der Waals surface area contributed by atoms with Crippen LogP contribution in [0.3, 0.4) is 0 Å². The maximum absolute atomic E-state index is 11.1. The van der Waals surface area contributed by atoms with Crippen LogP contribution in [0.15, 0.2) is 0 Å². The van der Waals surface area contributed by atoms with E-state index in [1.807, 2.05) is 0 Å². The number of amides is 1. The van der Waals surface area contributed by atoms with Crippen LogP contribution >= 0.6 is 12.6 Å². The third kappa shape index (κ3) is 1.99. The summed E-state index contributed by atoms with van der Waals surface area (Å²) in [4.78, 5) is 11.1. The van der Waals surface area contributed by atoms with Gasteiger partial charge in [0.15, 0.2) is 0 Å². The smallest absolute Gasteiger partial charge is 0.229 e. The highest BCUT2D eigenvalue weighted by molar-refractivity contribution is 7.81. The highest BCUT2D eigenvalue weighted by Crippen LogP contribution is 2.42. The molecule has 76 valence electrons. The van der Waals surface area contributed by atoms with Gasteiger partial charge in [-0.05, 0) is 6.42 Å². The van der Waals surface area contributed by atoms with Crippen LogP contribution in [0.25, 0.3) is 0 Å². The van der Waals surface area contributed by atoms with Gasteiger partial charge in [0.1, 0.15) is 0 Å². The number of hydrogen-bond acceptors (Lipinski definition) is 3. The van der Waals surface area contributed by atoms with E-state index in [-0.39, 0.29) is 29.2 Å². The second-order valence-electron chi connectivity index (χ2n) is 4.06. The van der Waals surface area contributed by atoms with Gasteiger partial charge in [-0.15, -0.1) is 0 Å². The topological polar surface area (TPSA) is 38.3 Å². The Bertz CT molecular complexity index is 206. The number of carbonyl (C=O) groups is 1. The standard InChI is InChI=1S/C9H17NO2S/c1-9(2)6(4-7(9)12-3)10-8(11)5-13/h6-7,13H,4-5H2,1-3H3,(H,10,11). The molecule has 0 aromatic carbocycles. The number of rotatable bonds is 3. The molecule has 13 heavy (non-hydrogen) atoms. The second-order valence-corrected chi connectivity index (χ2v) is 4.38. The SMILES string of the molecule is COC1CC(NC(=O)CS)C1(C)C. The predicted octanol–water partition coefficient (Wildman–Crippen LogP) is 0.846. The van der Waals surface area contributed by atoms with Gasteiger partial charge in [-0.1, -0.05) is 13.8 Å². The number of hydrogen-bond donors (Lipinski definition) is 2. The molecule has 1 fully saturated rings. The zero-order valence-electron chi connectivity index (χ0n) is 8.33. The second kappa shape index (κ2) is 3.88. The van der Waals surface area contributed by atoms with E-state index in [0.717, 1.165) is 6.42 Å². The summed E-state index contributed by atoms with van der Waals surface area (Å²) in [6.07, 6.45) is 1.17. The van der Waals surface area contributed by atoms with Crippen LogP contribution in [-0.2, 0) is 9.53 Å². The lowest BCUT2D eigenvalue weighted by molar-refractivity contribution is -0.130. The molecule has 0 aromatic heterocycles. The summed E-state index contributed by atoms with van der Waals surface area (Å²) in [6.45, 7) is 4.21. The molecule has 1 rings (SSSR count). The Balaban J connectivity index is 2.44. The fourth-order valence-electron chi connectivity index (χ4n) is 1.77. The van der Waals surface area contributed by atoms with Gasteiger partial charge in [0.05, 0.1) is 11.9 Å². The van der Waals surface area contributed by atoms with Crippen molar-refractivity contribution in [1.82, 2.24) is 5.32 Å². The fraction of sp³-hybridized carbons (Fsp3) is 0.889. The molecule has 0 radical (unpaired) electrons. The Morgan fingerprint density at radius 1 is 1.69 bits per heavy atom. The summed E-state index contributed by atoms with van der Waals surface area (Å²) < 4.78 is 5.28. The Labute approximate surface area is 84.6 Å². The van der Waals surface area contributed by atoms with Crippen LogP contribution < -0.4 is 5.32 Å². The van der Waals surface area contributed by atoms with Crippen molar-refractivity contribution in [2.24, 2.45) is 5.41 Å². The molecule has 1 aliphatic rings. The van der Waals surface area contributed by atoms with Crippen molar-refractivity contribution in [2.45, 2.75) is 32.4 Å². The van der Waals surface area contributed by atoms with Crippen LogP contribution in [0.5, 0.6) is 0 Å². The van der Waals surface area contributed by atoms with E-state index in [2.05, 4.69) is 31.8 Å². The average molecular weight is 203 g/mol. The molecule has 0 spiro atoms. The minimum atomic E-state index is -0.00374. The largest absolute Gasteiger partial charge is 0.381 e. The van der Waals surface area contributed by atoms with Gasteiger partial charge in [-0.3, -0.25) is 4.79 Å². The Kier molecular flexibility index (Phi) is 3.24. The number of nitrogens with one attached hydrogen (secondary N) is 1. The van der Waals surface area contributed by atoms with Gasteiger partial charge in [-0.25, -0.2) is 0 Å². The van der Waals surface area contributed by atoms with Crippen molar-refractivity contribution in [3.8, 4) is 0 Å². The summed E-state index contributed by atoms with van der Waals surface area (Å²) in [6, 6.07) is 0.233. The van der Waals surface area contributed by atoms with E-state index >= 15 is 0 Å². The lowest BCUT2D eigenvalue weighted by Gasteiger charge is -2.51. The predicted molar refractivity (Wildman–Crippen MR) is 55.0 cm³/mol. The minimum absolute atomic E-state index is 0.00374.